The summed E-state index contributed by atoms with van der Waals surface area (Å²) in [6.45, 7) is -0.483. The molecule has 0 aliphatic carbocycles. The molecule has 0 bridgehead atoms. The van der Waals surface area contributed by atoms with E-state index in [9.17, 15) is 14.0 Å². The summed E-state index contributed by atoms with van der Waals surface area (Å²) in [6, 6.07) is 8.81. The van der Waals surface area contributed by atoms with Crippen LogP contribution in [0.1, 0.15) is 15.9 Å². The van der Waals surface area contributed by atoms with Crippen LogP contribution in [0.25, 0.3) is 0 Å². The monoisotopic (exact) mass is 362 g/mol. The quantitative estimate of drug-likeness (QED) is 0.531. The lowest BCUT2D eigenvalue weighted by Crippen LogP contribution is -2.16. The fraction of sp³-hybridized carbons (Fsp3) is 0.263. The minimum absolute atomic E-state index is 0.0325. The molecule has 0 saturated heterocycles. The lowest BCUT2D eigenvalue weighted by molar-refractivity contribution is -0.141. The first-order chi connectivity index (χ1) is 12.5. The van der Waals surface area contributed by atoms with Crippen LogP contribution in [-0.4, -0.2) is 39.7 Å². The Morgan fingerprint density at radius 3 is 2.27 bits per heavy atom. The Kier molecular flexibility index (Phi) is 6.54. The van der Waals surface area contributed by atoms with E-state index in [2.05, 4.69) is 0 Å². The number of ketones is 1. The van der Waals surface area contributed by atoms with Gasteiger partial charge in [-0.1, -0.05) is 6.07 Å². The summed E-state index contributed by atoms with van der Waals surface area (Å²) in [5.41, 5.74) is 0.694. The molecule has 138 valence electrons. The highest BCUT2D eigenvalue weighted by Gasteiger charge is 2.15. The Morgan fingerprint density at radius 2 is 1.65 bits per heavy atom. The Balaban J connectivity index is 1.96. The smallest absolute Gasteiger partial charge is 0.310 e. The number of esters is 1. The first-order valence-corrected chi connectivity index (χ1v) is 7.71. The lowest BCUT2D eigenvalue weighted by atomic mass is 10.1. The minimum atomic E-state index is -0.660. The van der Waals surface area contributed by atoms with Gasteiger partial charge in [0.05, 0.1) is 27.8 Å². The van der Waals surface area contributed by atoms with Gasteiger partial charge in [-0.15, -0.1) is 0 Å². The normalized spacial score (nSPS) is 10.2. The molecular weight excluding hydrogens is 343 g/mol. The van der Waals surface area contributed by atoms with Gasteiger partial charge in [-0.2, -0.15) is 0 Å². The van der Waals surface area contributed by atoms with Gasteiger partial charge in [0.15, 0.2) is 24.0 Å². The van der Waals surface area contributed by atoms with Crippen molar-refractivity contribution in [2.24, 2.45) is 0 Å². The summed E-state index contributed by atoms with van der Waals surface area (Å²) in [4.78, 5) is 24.0. The number of carbonyl (C=O) groups is 2. The second kappa shape index (κ2) is 8.84. The van der Waals surface area contributed by atoms with Crippen molar-refractivity contribution < 1.29 is 32.9 Å². The Hall–Kier alpha value is -3.09. The highest BCUT2D eigenvalue weighted by molar-refractivity contribution is 5.98. The van der Waals surface area contributed by atoms with Crippen molar-refractivity contribution in [2.45, 2.75) is 6.42 Å². The number of halogens is 1. The van der Waals surface area contributed by atoms with E-state index in [0.29, 0.717) is 17.1 Å². The van der Waals surface area contributed by atoms with Crippen molar-refractivity contribution in [1.82, 2.24) is 0 Å². The summed E-state index contributed by atoms with van der Waals surface area (Å²) >= 11 is 0. The van der Waals surface area contributed by atoms with Crippen LogP contribution in [0.2, 0.25) is 0 Å². The SMILES string of the molecule is COc1ccc(CC(=O)OCC(=O)c2ccc(OC)c(F)c2)c(OC)c1. The van der Waals surface area contributed by atoms with Gasteiger partial charge >= 0.3 is 5.97 Å². The third-order valence-electron chi connectivity index (χ3n) is 3.67. The Bertz CT molecular complexity index is 803. The van der Waals surface area contributed by atoms with E-state index < -0.39 is 24.2 Å². The standard InChI is InChI=1S/C19H19FO6/c1-23-14-6-4-13(18(10-14)25-3)9-19(22)26-11-16(21)12-5-7-17(24-2)15(20)8-12/h4-8,10H,9,11H2,1-3H3. The Morgan fingerprint density at radius 1 is 0.923 bits per heavy atom. The molecule has 0 aliphatic rings. The average Bonchev–Trinajstić information content (AvgIpc) is 2.66. The third kappa shape index (κ3) is 4.72. The molecule has 0 aromatic heterocycles. The molecule has 2 aromatic rings. The molecule has 0 radical (unpaired) electrons. The lowest BCUT2D eigenvalue weighted by Gasteiger charge is -2.10. The number of ether oxygens (including phenoxy) is 4. The van der Waals surface area contributed by atoms with Gasteiger partial charge in [-0.3, -0.25) is 9.59 Å². The molecule has 0 unspecified atom stereocenters. The Labute approximate surface area is 150 Å². The molecule has 2 rings (SSSR count). The highest BCUT2D eigenvalue weighted by atomic mass is 19.1. The summed E-state index contributed by atoms with van der Waals surface area (Å²) in [5, 5.41) is 0. The molecule has 7 heteroatoms. The third-order valence-corrected chi connectivity index (χ3v) is 3.67. The van der Waals surface area contributed by atoms with Gasteiger partial charge in [0.2, 0.25) is 0 Å². The zero-order valence-electron chi connectivity index (χ0n) is 14.7. The van der Waals surface area contributed by atoms with Crippen molar-refractivity contribution in [3.05, 3.63) is 53.3 Å². The van der Waals surface area contributed by atoms with E-state index in [1.54, 1.807) is 18.2 Å². The van der Waals surface area contributed by atoms with E-state index >= 15 is 0 Å². The minimum Gasteiger partial charge on any atom is -0.497 e. The number of benzene rings is 2. The van der Waals surface area contributed by atoms with Crippen molar-refractivity contribution >= 4 is 11.8 Å². The molecule has 6 nitrogen and oxygen atoms in total. The highest BCUT2D eigenvalue weighted by Crippen LogP contribution is 2.25. The van der Waals surface area contributed by atoms with Crippen molar-refractivity contribution in [2.75, 3.05) is 27.9 Å². The maximum Gasteiger partial charge on any atom is 0.310 e. The van der Waals surface area contributed by atoms with Crippen LogP contribution in [0, 0.1) is 5.82 Å². The summed E-state index contributed by atoms with van der Waals surface area (Å²) in [5.74, 6) is -0.671. The molecule has 0 N–H and O–H groups in total. The number of hydrogen-bond acceptors (Lipinski definition) is 6. The largest absolute Gasteiger partial charge is 0.497 e. The fourth-order valence-electron chi connectivity index (χ4n) is 2.27. The predicted octanol–water partition coefficient (Wildman–Crippen LogP) is 2.82. The molecule has 0 spiro atoms. The van der Waals surface area contributed by atoms with Crippen LogP contribution in [0.3, 0.4) is 0 Å². The molecule has 0 heterocycles. The molecule has 0 amide bonds. The molecular formula is C19H19FO6. The molecule has 0 atom stereocenters. The molecule has 0 saturated carbocycles. The van der Waals surface area contributed by atoms with Crippen LogP contribution >= 0.6 is 0 Å². The van der Waals surface area contributed by atoms with E-state index in [0.717, 1.165) is 6.07 Å². The number of methoxy groups -OCH3 is 3. The zero-order valence-corrected chi connectivity index (χ0v) is 14.7. The molecule has 0 fully saturated rings. The topological polar surface area (TPSA) is 71.1 Å². The second-order valence-corrected chi connectivity index (χ2v) is 5.29. The van der Waals surface area contributed by atoms with Crippen LogP contribution < -0.4 is 14.2 Å². The summed E-state index contributed by atoms with van der Waals surface area (Å²) in [7, 11) is 4.33. The van der Waals surface area contributed by atoms with E-state index in [-0.39, 0.29) is 17.7 Å². The van der Waals surface area contributed by atoms with Gasteiger partial charge < -0.3 is 18.9 Å². The fourth-order valence-corrected chi connectivity index (χ4v) is 2.27. The number of rotatable bonds is 8. The van der Waals surface area contributed by atoms with E-state index in [1.807, 2.05) is 0 Å². The first-order valence-electron chi connectivity index (χ1n) is 7.71. The zero-order chi connectivity index (χ0) is 19.1. The van der Waals surface area contributed by atoms with Gasteiger partial charge in [-0.05, 0) is 24.3 Å². The second-order valence-electron chi connectivity index (χ2n) is 5.29. The number of carbonyl (C=O) groups excluding carboxylic acids is 2. The van der Waals surface area contributed by atoms with E-state index in [4.69, 9.17) is 18.9 Å². The first kappa shape index (κ1) is 19.2. The van der Waals surface area contributed by atoms with Gasteiger partial charge in [-0.25, -0.2) is 4.39 Å². The van der Waals surface area contributed by atoms with Gasteiger partial charge in [0.1, 0.15) is 11.5 Å². The van der Waals surface area contributed by atoms with Crippen LogP contribution in [-0.2, 0) is 16.0 Å². The molecule has 2 aromatic carbocycles. The molecule has 0 aliphatic heterocycles. The molecule has 26 heavy (non-hydrogen) atoms. The maximum absolute atomic E-state index is 13.6. The van der Waals surface area contributed by atoms with Crippen LogP contribution in [0.5, 0.6) is 17.2 Å². The van der Waals surface area contributed by atoms with Gasteiger partial charge in [0, 0.05) is 17.2 Å². The van der Waals surface area contributed by atoms with Crippen molar-refractivity contribution in [3.8, 4) is 17.2 Å². The van der Waals surface area contributed by atoms with Crippen molar-refractivity contribution in [1.29, 1.82) is 0 Å². The van der Waals surface area contributed by atoms with Crippen molar-refractivity contribution in [3.63, 3.8) is 0 Å². The van der Waals surface area contributed by atoms with Crippen LogP contribution in [0.15, 0.2) is 36.4 Å². The average molecular weight is 362 g/mol. The van der Waals surface area contributed by atoms with Crippen LogP contribution in [0.4, 0.5) is 4.39 Å². The number of Topliss-reactive ketones (excluding diaryl/α,β-unsaturated/α-hetero) is 1. The predicted molar refractivity (Wildman–Crippen MR) is 91.5 cm³/mol. The summed E-state index contributed by atoms with van der Waals surface area (Å²) < 4.78 is 33.7. The summed E-state index contributed by atoms with van der Waals surface area (Å²) in [6.07, 6.45) is -0.0720. The maximum atomic E-state index is 13.6. The van der Waals surface area contributed by atoms with Gasteiger partial charge in [0.25, 0.3) is 0 Å². The number of hydrogen-bond donors (Lipinski definition) is 0. The van der Waals surface area contributed by atoms with E-state index in [1.165, 1.54) is 33.5 Å².